The van der Waals surface area contributed by atoms with Crippen molar-refractivity contribution in [3.05, 3.63) is 23.9 Å². The first-order valence-corrected chi connectivity index (χ1v) is 6.10. The number of aryl methyl sites for hydroxylation is 1. The molecule has 1 N–H and O–H groups in total. The number of halogens is 1. The van der Waals surface area contributed by atoms with Crippen LogP contribution in [0.1, 0.15) is 18.4 Å². The van der Waals surface area contributed by atoms with Crippen molar-refractivity contribution >= 4 is 18.2 Å². The minimum atomic E-state index is 0. The Bertz CT molecular complexity index is 320. The average molecular weight is 256 g/mol. The summed E-state index contributed by atoms with van der Waals surface area (Å²) in [6.07, 6.45) is 4.51. The number of nitrogens with zero attached hydrogens (tertiary/aromatic N) is 2. The van der Waals surface area contributed by atoms with Crippen LogP contribution in [0.15, 0.2) is 18.3 Å². The molecule has 2 rings (SSSR count). The van der Waals surface area contributed by atoms with Gasteiger partial charge in [0.2, 0.25) is 0 Å². The van der Waals surface area contributed by atoms with Crippen molar-refractivity contribution in [2.24, 2.45) is 5.92 Å². The van der Waals surface area contributed by atoms with Gasteiger partial charge in [0.25, 0.3) is 0 Å². The maximum Gasteiger partial charge on any atom is 0.128 e. The minimum Gasteiger partial charge on any atom is -0.359 e. The smallest absolute Gasteiger partial charge is 0.128 e. The van der Waals surface area contributed by atoms with Crippen molar-refractivity contribution in [2.75, 3.05) is 31.6 Å². The van der Waals surface area contributed by atoms with Gasteiger partial charge in [-0.3, -0.25) is 0 Å². The number of hydrogen-bond acceptors (Lipinski definition) is 3. The predicted octanol–water partition coefficient (Wildman–Crippen LogP) is 2.25. The number of pyridine rings is 1. The number of anilines is 1. The van der Waals surface area contributed by atoms with E-state index >= 15 is 0 Å². The number of nitrogens with one attached hydrogen (secondary N) is 1. The number of piperidine rings is 1. The fourth-order valence-electron chi connectivity index (χ4n) is 2.23. The van der Waals surface area contributed by atoms with Gasteiger partial charge in [-0.1, -0.05) is 6.07 Å². The van der Waals surface area contributed by atoms with Gasteiger partial charge in [0.05, 0.1) is 0 Å². The molecule has 0 unspecified atom stereocenters. The summed E-state index contributed by atoms with van der Waals surface area (Å²) in [7, 11) is 2.14. The molecule has 0 aromatic carbocycles. The Hall–Kier alpha value is -0.800. The normalized spacial score (nSPS) is 16.4. The Labute approximate surface area is 110 Å². The molecule has 17 heavy (non-hydrogen) atoms. The molecular formula is C13H22ClN3. The van der Waals surface area contributed by atoms with E-state index in [0.29, 0.717) is 0 Å². The van der Waals surface area contributed by atoms with E-state index in [1.165, 1.54) is 31.5 Å². The van der Waals surface area contributed by atoms with E-state index in [-0.39, 0.29) is 12.4 Å². The summed E-state index contributed by atoms with van der Waals surface area (Å²) in [6.45, 7) is 5.53. The van der Waals surface area contributed by atoms with Gasteiger partial charge in [0, 0.05) is 19.8 Å². The maximum atomic E-state index is 4.45. The molecule has 0 aliphatic carbocycles. The Kier molecular flexibility index (Phi) is 5.72. The first-order valence-electron chi connectivity index (χ1n) is 6.10. The standard InChI is InChI=1S/C13H21N3.ClH/c1-11-3-4-13(15-9-11)16(2)10-12-5-7-14-8-6-12;/h3-4,9,12,14H,5-8,10H2,1-2H3;1H. The summed E-state index contributed by atoms with van der Waals surface area (Å²) < 4.78 is 0. The van der Waals surface area contributed by atoms with Gasteiger partial charge in [-0.15, -0.1) is 12.4 Å². The molecule has 4 heteroatoms. The van der Waals surface area contributed by atoms with Crippen molar-refractivity contribution in [1.29, 1.82) is 0 Å². The lowest BCUT2D eigenvalue weighted by atomic mass is 9.98. The molecule has 2 heterocycles. The zero-order chi connectivity index (χ0) is 11.4. The van der Waals surface area contributed by atoms with Crippen molar-refractivity contribution in [3.63, 3.8) is 0 Å². The molecule has 1 saturated heterocycles. The lowest BCUT2D eigenvalue weighted by Crippen LogP contribution is -2.34. The van der Waals surface area contributed by atoms with Gasteiger partial charge < -0.3 is 10.2 Å². The largest absolute Gasteiger partial charge is 0.359 e. The molecule has 0 saturated carbocycles. The molecule has 1 aromatic rings. The van der Waals surface area contributed by atoms with Crippen LogP contribution in [-0.4, -0.2) is 31.7 Å². The molecule has 1 aliphatic rings. The number of aromatic nitrogens is 1. The summed E-state index contributed by atoms with van der Waals surface area (Å²) in [5.74, 6) is 1.90. The van der Waals surface area contributed by atoms with Crippen LogP contribution in [0.3, 0.4) is 0 Å². The third-order valence-electron chi connectivity index (χ3n) is 3.28. The zero-order valence-corrected chi connectivity index (χ0v) is 11.5. The Morgan fingerprint density at radius 1 is 1.35 bits per heavy atom. The van der Waals surface area contributed by atoms with Crippen molar-refractivity contribution in [1.82, 2.24) is 10.3 Å². The molecule has 0 amide bonds. The van der Waals surface area contributed by atoms with Gasteiger partial charge in [-0.05, 0) is 50.4 Å². The Balaban J connectivity index is 0.00000144. The van der Waals surface area contributed by atoms with E-state index in [9.17, 15) is 0 Å². The molecule has 96 valence electrons. The molecule has 0 radical (unpaired) electrons. The summed E-state index contributed by atoms with van der Waals surface area (Å²) in [5, 5.41) is 3.40. The predicted molar refractivity (Wildman–Crippen MR) is 75.1 cm³/mol. The van der Waals surface area contributed by atoms with Crippen LogP contribution >= 0.6 is 12.4 Å². The summed E-state index contributed by atoms with van der Waals surface area (Å²) >= 11 is 0. The first-order chi connectivity index (χ1) is 7.75. The second-order valence-corrected chi connectivity index (χ2v) is 4.77. The van der Waals surface area contributed by atoms with E-state index in [1.807, 2.05) is 6.20 Å². The average Bonchev–Trinajstić information content (AvgIpc) is 2.31. The molecule has 0 spiro atoms. The number of rotatable bonds is 3. The van der Waals surface area contributed by atoms with Crippen LogP contribution in [0.5, 0.6) is 0 Å². The Morgan fingerprint density at radius 2 is 2.06 bits per heavy atom. The van der Waals surface area contributed by atoms with Crippen LogP contribution in [0.25, 0.3) is 0 Å². The van der Waals surface area contributed by atoms with Gasteiger partial charge in [0.15, 0.2) is 0 Å². The molecule has 0 atom stereocenters. The van der Waals surface area contributed by atoms with Gasteiger partial charge in [-0.2, -0.15) is 0 Å². The van der Waals surface area contributed by atoms with E-state index < -0.39 is 0 Å². The van der Waals surface area contributed by atoms with Crippen LogP contribution < -0.4 is 10.2 Å². The SMILES string of the molecule is Cc1ccc(N(C)CC2CCNCC2)nc1.Cl. The molecule has 1 aromatic heterocycles. The lowest BCUT2D eigenvalue weighted by molar-refractivity contribution is 0.377. The van der Waals surface area contributed by atoms with Crippen LogP contribution in [-0.2, 0) is 0 Å². The van der Waals surface area contributed by atoms with Crippen LogP contribution in [0, 0.1) is 12.8 Å². The van der Waals surface area contributed by atoms with Crippen LogP contribution in [0.4, 0.5) is 5.82 Å². The van der Waals surface area contributed by atoms with E-state index in [2.05, 4.69) is 41.3 Å². The highest BCUT2D eigenvalue weighted by atomic mass is 35.5. The van der Waals surface area contributed by atoms with Crippen molar-refractivity contribution in [3.8, 4) is 0 Å². The zero-order valence-electron chi connectivity index (χ0n) is 10.6. The maximum absolute atomic E-state index is 4.45. The van der Waals surface area contributed by atoms with Crippen molar-refractivity contribution < 1.29 is 0 Å². The van der Waals surface area contributed by atoms with Gasteiger partial charge in [-0.25, -0.2) is 4.98 Å². The summed E-state index contributed by atoms with van der Waals surface area (Å²) in [4.78, 5) is 6.73. The van der Waals surface area contributed by atoms with E-state index in [0.717, 1.165) is 18.3 Å². The summed E-state index contributed by atoms with van der Waals surface area (Å²) in [6, 6.07) is 4.23. The highest BCUT2D eigenvalue weighted by Crippen LogP contribution is 2.16. The third kappa shape index (κ3) is 4.17. The highest BCUT2D eigenvalue weighted by molar-refractivity contribution is 5.85. The molecule has 3 nitrogen and oxygen atoms in total. The fourth-order valence-corrected chi connectivity index (χ4v) is 2.23. The van der Waals surface area contributed by atoms with Crippen LogP contribution in [0.2, 0.25) is 0 Å². The highest BCUT2D eigenvalue weighted by Gasteiger charge is 2.15. The van der Waals surface area contributed by atoms with E-state index in [4.69, 9.17) is 0 Å². The molecule has 0 bridgehead atoms. The molecule has 1 aliphatic heterocycles. The van der Waals surface area contributed by atoms with Gasteiger partial charge >= 0.3 is 0 Å². The second-order valence-electron chi connectivity index (χ2n) is 4.77. The summed E-state index contributed by atoms with van der Waals surface area (Å²) in [5.41, 5.74) is 1.22. The number of hydrogen-bond donors (Lipinski definition) is 1. The molecule has 1 fully saturated rings. The van der Waals surface area contributed by atoms with Gasteiger partial charge in [0.1, 0.15) is 5.82 Å². The van der Waals surface area contributed by atoms with Crippen molar-refractivity contribution in [2.45, 2.75) is 19.8 Å². The topological polar surface area (TPSA) is 28.2 Å². The second kappa shape index (κ2) is 6.82. The molecular weight excluding hydrogens is 234 g/mol. The first kappa shape index (κ1) is 14.3. The quantitative estimate of drug-likeness (QED) is 0.898. The minimum absolute atomic E-state index is 0. The monoisotopic (exact) mass is 255 g/mol. The lowest BCUT2D eigenvalue weighted by Gasteiger charge is -2.28. The Morgan fingerprint density at radius 3 is 2.65 bits per heavy atom. The third-order valence-corrected chi connectivity index (χ3v) is 3.28. The van der Waals surface area contributed by atoms with E-state index in [1.54, 1.807) is 0 Å². The fraction of sp³-hybridized carbons (Fsp3) is 0.615.